The number of nitrogens with zero attached hydrogens (tertiary/aromatic N) is 1. The van der Waals surface area contributed by atoms with Crippen LogP contribution in [0, 0.1) is 0 Å². The molecule has 1 atom stereocenters. The Morgan fingerprint density at radius 2 is 2.00 bits per heavy atom. The summed E-state index contributed by atoms with van der Waals surface area (Å²) >= 11 is 0. The van der Waals surface area contributed by atoms with Gasteiger partial charge in [-0.25, -0.2) is 0 Å². The zero-order valence-corrected chi connectivity index (χ0v) is 13.1. The summed E-state index contributed by atoms with van der Waals surface area (Å²) in [6, 6.07) is 8.37. The van der Waals surface area contributed by atoms with Gasteiger partial charge in [0.05, 0.1) is 18.2 Å². The van der Waals surface area contributed by atoms with Crippen molar-refractivity contribution < 1.29 is 9.53 Å². The van der Waals surface area contributed by atoms with Crippen molar-refractivity contribution in [3.05, 3.63) is 35.4 Å². The Kier molecular flexibility index (Phi) is 4.14. The maximum atomic E-state index is 12.8. The van der Waals surface area contributed by atoms with Crippen LogP contribution in [0.5, 0.6) is 0 Å². The third kappa shape index (κ3) is 2.90. The van der Waals surface area contributed by atoms with Crippen LogP contribution in [0.25, 0.3) is 0 Å². The Labute approximate surface area is 127 Å². The van der Waals surface area contributed by atoms with Gasteiger partial charge in [0, 0.05) is 6.42 Å². The number of likely N-dealkylation sites (tertiary alicyclic amines) is 1. The van der Waals surface area contributed by atoms with Crippen LogP contribution >= 0.6 is 0 Å². The van der Waals surface area contributed by atoms with Crippen LogP contribution in [0.15, 0.2) is 24.3 Å². The molecular weight excluding hydrogens is 262 g/mol. The predicted molar refractivity (Wildman–Crippen MR) is 83.3 cm³/mol. The number of ether oxygens (including phenoxy) is 1. The largest absolute Gasteiger partial charge is 0.373 e. The maximum Gasteiger partial charge on any atom is 0.155 e. The van der Waals surface area contributed by atoms with Crippen LogP contribution < -0.4 is 0 Å². The summed E-state index contributed by atoms with van der Waals surface area (Å²) in [5.74, 6) is 0.297. The molecule has 0 spiro atoms. The number of ketones is 1. The number of carbonyl (C=O) groups excluding carboxylic acids is 1. The van der Waals surface area contributed by atoms with Gasteiger partial charge in [-0.15, -0.1) is 0 Å². The summed E-state index contributed by atoms with van der Waals surface area (Å²) in [4.78, 5) is 15.1. The molecule has 3 nitrogen and oxygen atoms in total. The van der Waals surface area contributed by atoms with E-state index in [1.807, 2.05) is 6.07 Å². The normalized spacial score (nSPS) is 23.0. The minimum Gasteiger partial charge on any atom is -0.373 e. The summed E-state index contributed by atoms with van der Waals surface area (Å²) in [7, 11) is 0. The predicted octanol–water partition coefficient (Wildman–Crippen LogP) is 3.13. The fraction of sp³-hybridized carbons (Fsp3) is 0.611. The molecule has 1 saturated heterocycles. The minimum atomic E-state index is -0.369. The highest BCUT2D eigenvalue weighted by Crippen LogP contribution is 2.32. The third-order valence-corrected chi connectivity index (χ3v) is 5.04. The average molecular weight is 287 g/mol. The van der Waals surface area contributed by atoms with E-state index in [9.17, 15) is 4.79 Å². The molecule has 1 aromatic rings. The van der Waals surface area contributed by atoms with Crippen LogP contribution in [-0.4, -0.2) is 35.9 Å². The molecule has 0 bridgehead atoms. The first kappa shape index (κ1) is 14.7. The molecule has 1 fully saturated rings. The van der Waals surface area contributed by atoms with Crippen molar-refractivity contribution in [2.45, 2.75) is 51.2 Å². The minimum absolute atomic E-state index is 0.0654. The zero-order valence-electron chi connectivity index (χ0n) is 13.1. The number of rotatable bonds is 4. The van der Waals surface area contributed by atoms with Crippen molar-refractivity contribution in [2.75, 3.05) is 19.7 Å². The molecule has 1 aromatic carbocycles. The molecule has 2 heterocycles. The molecule has 0 aliphatic carbocycles. The molecule has 21 heavy (non-hydrogen) atoms. The Bertz CT molecular complexity index is 518. The van der Waals surface area contributed by atoms with Gasteiger partial charge in [0.1, 0.15) is 0 Å². The quantitative estimate of drug-likeness (QED) is 0.852. The number of fused-ring (bicyclic) bond motifs is 1. The summed E-state index contributed by atoms with van der Waals surface area (Å²) in [6.45, 7) is 6.94. The van der Waals surface area contributed by atoms with Gasteiger partial charge in [-0.05, 0) is 57.3 Å². The van der Waals surface area contributed by atoms with E-state index < -0.39 is 0 Å². The lowest BCUT2D eigenvalue weighted by molar-refractivity contribution is -0.132. The Balaban J connectivity index is 1.73. The van der Waals surface area contributed by atoms with E-state index in [1.165, 1.54) is 24.0 Å². The van der Waals surface area contributed by atoms with E-state index in [4.69, 9.17) is 4.74 Å². The lowest BCUT2D eigenvalue weighted by atomic mass is 9.88. The number of hydrogen-bond donors (Lipinski definition) is 0. The van der Waals surface area contributed by atoms with Crippen LogP contribution in [0.2, 0.25) is 0 Å². The van der Waals surface area contributed by atoms with E-state index in [0.717, 1.165) is 26.1 Å². The smallest absolute Gasteiger partial charge is 0.155 e. The van der Waals surface area contributed by atoms with Gasteiger partial charge in [0.25, 0.3) is 0 Å². The molecular formula is C18H25NO2. The molecule has 0 radical (unpaired) electrons. The molecule has 0 saturated carbocycles. The van der Waals surface area contributed by atoms with Crippen LogP contribution in [0.1, 0.15) is 50.3 Å². The van der Waals surface area contributed by atoms with Gasteiger partial charge in [-0.3, -0.25) is 9.69 Å². The molecule has 0 amide bonds. The molecule has 0 N–H and O–H groups in total. The second kappa shape index (κ2) is 5.90. The highest BCUT2D eigenvalue weighted by atomic mass is 16.5. The SMILES string of the molecule is CC(C)(C(=O)CC1OCCc2ccccc21)N1CCCC1. The fourth-order valence-corrected chi connectivity index (χ4v) is 3.52. The fourth-order valence-electron chi connectivity index (χ4n) is 3.52. The second-order valence-electron chi connectivity index (χ2n) is 6.69. The summed E-state index contributed by atoms with van der Waals surface area (Å²) in [5, 5.41) is 0. The van der Waals surface area contributed by atoms with Crippen molar-refractivity contribution >= 4 is 5.78 Å². The number of Topliss-reactive ketones (excluding diaryl/α,β-unsaturated/α-hetero) is 1. The van der Waals surface area contributed by atoms with Crippen molar-refractivity contribution in [3.8, 4) is 0 Å². The molecule has 3 heteroatoms. The highest BCUT2D eigenvalue weighted by molar-refractivity contribution is 5.88. The first-order valence-corrected chi connectivity index (χ1v) is 8.07. The molecule has 3 rings (SSSR count). The summed E-state index contributed by atoms with van der Waals surface area (Å²) < 4.78 is 5.89. The van der Waals surface area contributed by atoms with Crippen LogP contribution in [-0.2, 0) is 16.0 Å². The molecule has 0 aromatic heterocycles. The van der Waals surface area contributed by atoms with Crippen LogP contribution in [0.3, 0.4) is 0 Å². The maximum absolute atomic E-state index is 12.8. The lowest BCUT2D eigenvalue weighted by Gasteiger charge is -2.35. The van der Waals surface area contributed by atoms with Gasteiger partial charge in [-0.1, -0.05) is 24.3 Å². The second-order valence-corrected chi connectivity index (χ2v) is 6.69. The summed E-state index contributed by atoms with van der Waals surface area (Å²) in [6.07, 6.45) is 3.79. The first-order chi connectivity index (χ1) is 10.1. The number of hydrogen-bond acceptors (Lipinski definition) is 3. The molecule has 2 aliphatic rings. The van der Waals surface area contributed by atoms with E-state index in [1.54, 1.807) is 0 Å². The molecule has 1 unspecified atom stereocenters. The highest BCUT2D eigenvalue weighted by Gasteiger charge is 2.37. The topological polar surface area (TPSA) is 29.5 Å². The Morgan fingerprint density at radius 1 is 1.29 bits per heavy atom. The average Bonchev–Trinajstić information content (AvgIpc) is 3.02. The van der Waals surface area contributed by atoms with Crippen molar-refractivity contribution in [2.24, 2.45) is 0 Å². The monoisotopic (exact) mass is 287 g/mol. The lowest BCUT2D eigenvalue weighted by Crippen LogP contribution is -2.49. The van der Waals surface area contributed by atoms with Crippen molar-refractivity contribution in [3.63, 3.8) is 0 Å². The van der Waals surface area contributed by atoms with E-state index in [0.29, 0.717) is 12.2 Å². The zero-order chi connectivity index (χ0) is 14.9. The Morgan fingerprint density at radius 3 is 2.76 bits per heavy atom. The van der Waals surface area contributed by atoms with E-state index in [2.05, 4.69) is 36.9 Å². The van der Waals surface area contributed by atoms with Gasteiger partial charge in [-0.2, -0.15) is 0 Å². The third-order valence-electron chi connectivity index (χ3n) is 5.04. The van der Waals surface area contributed by atoms with Gasteiger partial charge >= 0.3 is 0 Å². The molecule has 114 valence electrons. The van der Waals surface area contributed by atoms with Crippen LogP contribution in [0.4, 0.5) is 0 Å². The Hall–Kier alpha value is -1.19. The van der Waals surface area contributed by atoms with E-state index in [-0.39, 0.29) is 11.6 Å². The first-order valence-electron chi connectivity index (χ1n) is 8.07. The molecule has 2 aliphatic heterocycles. The van der Waals surface area contributed by atoms with Gasteiger partial charge < -0.3 is 4.74 Å². The number of benzene rings is 1. The van der Waals surface area contributed by atoms with Crippen molar-refractivity contribution in [1.29, 1.82) is 0 Å². The van der Waals surface area contributed by atoms with Gasteiger partial charge in [0.15, 0.2) is 5.78 Å². The standard InChI is InChI=1S/C18H25NO2/c1-18(2,19-10-5-6-11-19)17(20)13-16-15-8-4-3-7-14(15)9-12-21-16/h3-4,7-8,16H,5-6,9-13H2,1-2H3. The number of carbonyl (C=O) groups is 1. The van der Waals surface area contributed by atoms with Crippen molar-refractivity contribution in [1.82, 2.24) is 4.90 Å². The van der Waals surface area contributed by atoms with E-state index >= 15 is 0 Å². The van der Waals surface area contributed by atoms with Gasteiger partial charge in [0.2, 0.25) is 0 Å². The summed E-state index contributed by atoms with van der Waals surface area (Å²) in [5.41, 5.74) is 2.17.